The normalized spacial score (nSPS) is 13.1. The third kappa shape index (κ3) is 5.02. The lowest BCUT2D eigenvalue weighted by Crippen LogP contribution is -2.49. The predicted molar refractivity (Wildman–Crippen MR) is 268 cm³/mol. The fourth-order valence-corrected chi connectivity index (χ4v) is 14.1. The van der Waals surface area contributed by atoms with Gasteiger partial charge in [-0.1, -0.05) is 189 Å². The molecule has 0 bridgehead atoms. The van der Waals surface area contributed by atoms with Crippen molar-refractivity contribution < 1.29 is 4.42 Å². The van der Waals surface area contributed by atoms with Gasteiger partial charge >= 0.3 is 0 Å². The van der Waals surface area contributed by atoms with Crippen LogP contribution in [0, 0.1) is 0 Å². The minimum Gasteiger partial charge on any atom is -0.456 e. The maximum Gasteiger partial charge on any atom is 0.135 e. The van der Waals surface area contributed by atoms with Crippen LogP contribution in [0.15, 0.2) is 211 Å². The SMILES string of the molecule is C[Si]1(C)c2ccccc2-c2cc(-c3cccc(-c4ccc5oc6ccccc6c5c4)c3-c3c4ccccc4c(-c4cc5ccccc5c5ccccc45)c4ccccc34)ccc21. The molecule has 0 saturated heterocycles. The molecule has 1 aliphatic heterocycles. The molecular formula is C60H40OSi. The van der Waals surface area contributed by atoms with Crippen LogP contribution >= 0.6 is 0 Å². The van der Waals surface area contributed by atoms with Crippen molar-refractivity contribution in [3.05, 3.63) is 206 Å². The van der Waals surface area contributed by atoms with E-state index in [4.69, 9.17) is 4.42 Å². The van der Waals surface area contributed by atoms with Crippen molar-refractivity contribution in [3.63, 3.8) is 0 Å². The molecule has 0 N–H and O–H groups in total. The van der Waals surface area contributed by atoms with Crippen LogP contribution in [0.4, 0.5) is 0 Å². The van der Waals surface area contributed by atoms with Gasteiger partial charge in [-0.15, -0.1) is 0 Å². The molecule has 12 aromatic rings. The van der Waals surface area contributed by atoms with Crippen molar-refractivity contribution in [3.8, 4) is 55.6 Å². The van der Waals surface area contributed by atoms with Crippen LogP contribution in [0.1, 0.15) is 0 Å². The first-order chi connectivity index (χ1) is 30.5. The Morgan fingerprint density at radius 3 is 1.55 bits per heavy atom. The van der Waals surface area contributed by atoms with E-state index in [9.17, 15) is 0 Å². The van der Waals surface area contributed by atoms with Crippen LogP contribution in [-0.4, -0.2) is 8.07 Å². The second kappa shape index (κ2) is 13.2. The van der Waals surface area contributed by atoms with E-state index in [2.05, 4.69) is 213 Å². The van der Waals surface area contributed by atoms with E-state index in [0.29, 0.717) is 0 Å². The quantitative estimate of drug-likeness (QED) is 0.0981. The number of benzene rings is 11. The van der Waals surface area contributed by atoms with Gasteiger partial charge < -0.3 is 4.42 Å². The van der Waals surface area contributed by atoms with Crippen molar-refractivity contribution in [2.45, 2.75) is 13.1 Å². The van der Waals surface area contributed by atoms with E-state index in [1.54, 1.807) is 0 Å². The van der Waals surface area contributed by atoms with Crippen LogP contribution in [0.25, 0.3) is 121 Å². The molecule has 11 aromatic carbocycles. The molecule has 0 unspecified atom stereocenters. The van der Waals surface area contributed by atoms with Gasteiger partial charge in [-0.25, -0.2) is 0 Å². The van der Waals surface area contributed by atoms with Gasteiger partial charge in [0.1, 0.15) is 19.2 Å². The number of para-hydroxylation sites is 1. The molecule has 0 atom stereocenters. The van der Waals surface area contributed by atoms with Gasteiger partial charge in [0.15, 0.2) is 0 Å². The Hall–Kier alpha value is -7.52. The fourth-order valence-electron chi connectivity index (χ4n) is 11.0. The second-order valence-electron chi connectivity index (χ2n) is 17.5. The van der Waals surface area contributed by atoms with Crippen LogP contribution in [-0.2, 0) is 0 Å². The van der Waals surface area contributed by atoms with E-state index in [-0.39, 0.29) is 0 Å². The molecule has 1 aromatic heterocycles. The van der Waals surface area contributed by atoms with E-state index in [0.717, 1.165) is 21.9 Å². The maximum absolute atomic E-state index is 6.37. The van der Waals surface area contributed by atoms with Gasteiger partial charge in [0, 0.05) is 10.8 Å². The van der Waals surface area contributed by atoms with Crippen molar-refractivity contribution in [2.24, 2.45) is 0 Å². The van der Waals surface area contributed by atoms with Crippen LogP contribution < -0.4 is 10.4 Å². The second-order valence-corrected chi connectivity index (χ2v) is 21.8. The lowest BCUT2D eigenvalue weighted by Gasteiger charge is -2.23. The first-order valence-electron chi connectivity index (χ1n) is 21.7. The number of hydrogen-bond acceptors (Lipinski definition) is 1. The first-order valence-corrected chi connectivity index (χ1v) is 24.7. The summed E-state index contributed by atoms with van der Waals surface area (Å²) in [4.78, 5) is 0. The van der Waals surface area contributed by atoms with Crippen molar-refractivity contribution in [1.29, 1.82) is 0 Å². The lowest BCUT2D eigenvalue weighted by molar-refractivity contribution is 0.669. The highest BCUT2D eigenvalue weighted by Crippen LogP contribution is 2.51. The molecular weight excluding hydrogens is 765 g/mol. The minimum absolute atomic E-state index is 0.902. The summed E-state index contributed by atoms with van der Waals surface area (Å²) < 4.78 is 6.37. The predicted octanol–water partition coefficient (Wildman–Crippen LogP) is 15.7. The van der Waals surface area contributed by atoms with Crippen LogP contribution in [0.5, 0.6) is 0 Å². The average molecular weight is 805 g/mol. The number of rotatable bonds is 4. The van der Waals surface area contributed by atoms with Gasteiger partial charge in [-0.05, 0) is 139 Å². The molecule has 0 spiro atoms. The Bertz CT molecular complexity index is 3790. The fraction of sp³-hybridized carbons (Fsp3) is 0.0333. The molecule has 0 aliphatic carbocycles. The van der Waals surface area contributed by atoms with Gasteiger partial charge in [-0.3, -0.25) is 0 Å². The monoisotopic (exact) mass is 804 g/mol. The number of fused-ring (bicyclic) bond motifs is 11. The molecule has 0 radical (unpaired) electrons. The van der Waals surface area contributed by atoms with Crippen molar-refractivity contribution in [1.82, 2.24) is 0 Å². The van der Waals surface area contributed by atoms with E-state index < -0.39 is 8.07 Å². The Morgan fingerprint density at radius 2 is 0.806 bits per heavy atom. The zero-order chi connectivity index (χ0) is 41.1. The zero-order valence-electron chi connectivity index (χ0n) is 34.5. The molecule has 62 heavy (non-hydrogen) atoms. The molecule has 2 heterocycles. The maximum atomic E-state index is 6.37. The number of hydrogen-bond donors (Lipinski definition) is 0. The highest BCUT2D eigenvalue weighted by atomic mass is 28.3. The summed E-state index contributed by atoms with van der Waals surface area (Å²) in [6.45, 7) is 5.00. The van der Waals surface area contributed by atoms with Crippen molar-refractivity contribution >= 4 is 83.5 Å². The summed E-state index contributed by atoms with van der Waals surface area (Å²) in [6, 6.07) is 76.9. The highest BCUT2D eigenvalue weighted by Gasteiger charge is 2.37. The van der Waals surface area contributed by atoms with Crippen LogP contribution in [0.2, 0.25) is 13.1 Å². The van der Waals surface area contributed by atoms with E-state index in [1.165, 1.54) is 109 Å². The van der Waals surface area contributed by atoms with E-state index in [1.807, 2.05) is 6.07 Å². The summed E-state index contributed by atoms with van der Waals surface area (Å²) in [7, 11) is -1.85. The topological polar surface area (TPSA) is 13.1 Å². The lowest BCUT2D eigenvalue weighted by atomic mass is 9.80. The zero-order valence-corrected chi connectivity index (χ0v) is 35.5. The van der Waals surface area contributed by atoms with Gasteiger partial charge in [-0.2, -0.15) is 0 Å². The molecule has 13 rings (SSSR count). The van der Waals surface area contributed by atoms with Gasteiger partial charge in [0.25, 0.3) is 0 Å². The summed E-state index contributed by atoms with van der Waals surface area (Å²) >= 11 is 0. The Morgan fingerprint density at radius 1 is 0.290 bits per heavy atom. The largest absolute Gasteiger partial charge is 0.456 e. The van der Waals surface area contributed by atoms with E-state index >= 15 is 0 Å². The first kappa shape index (κ1) is 35.3. The smallest absolute Gasteiger partial charge is 0.135 e. The molecule has 0 saturated carbocycles. The molecule has 1 nitrogen and oxygen atoms in total. The van der Waals surface area contributed by atoms with Gasteiger partial charge in [0.05, 0.1) is 0 Å². The minimum atomic E-state index is -1.85. The average Bonchev–Trinajstić information content (AvgIpc) is 3.81. The Kier molecular flexibility index (Phi) is 7.53. The molecule has 0 fully saturated rings. The van der Waals surface area contributed by atoms with Gasteiger partial charge in [0.2, 0.25) is 0 Å². The summed E-state index contributed by atoms with van der Waals surface area (Å²) in [5, 5.41) is 15.3. The number of furan rings is 1. The molecule has 1 aliphatic rings. The summed E-state index contributed by atoms with van der Waals surface area (Å²) in [6.07, 6.45) is 0. The third-order valence-electron chi connectivity index (χ3n) is 13.9. The standard InChI is InChI=1S/C60H40OSi/c1-62(2)56-29-14-12-21-46(56)52-35-39(31-33-57(52)62)42-27-15-26-41(38-30-32-55-51(34-38)45-20-11-13-28-54(45)61-55)59(42)60-49-24-9-7-22-47(49)58(48-23-8-10-25-50(48)60)53-36-37-16-3-4-17-40(37)43-18-5-6-19-44(43)53/h3-36H,1-2H3. The van der Waals surface area contributed by atoms with Crippen LogP contribution in [0.3, 0.4) is 0 Å². The Balaban J connectivity index is 1.16. The molecule has 2 heteroatoms. The Labute approximate surface area is 361 Å². The highest BCUT2D eigenvalue weighted by molar-refractivity contribution is 7.03. The molecule has 290 valence electrons. The van der Waals surface area contributed by atoms with Crippen molar-refractivity contribution in [2.75, 3.05) is 0 Å². The summed E-state index contributed by atoms with van der Waals surface area (Å²) in [5.74, 6) is 0. The third-order valence-corrected chi connectivity index (χ3v) is 17.4. The molecule has 0 amide bonds. The summed E-state index contributed by atoms with van der Waals surface area (Å²) in [5.41, 5.74) is 14.4.